The van der Waals surface area contributed by atoms with Gasteiger partial charge in [0.2, 0.25) is 0 Å². The molecule has 56 valence electrons. The fraction of sp³-hybridized carbons (Fsp3) is 0.714. The summed E-state index contributed by atoms with van der Waals surface area (Å²) < 4.78 is 22.2. The van der Waals surface area contributed by atoms with Gasteiger partial charge in [-0.1, -0.05) is 12.2 Å². The van der Waals surface area contributed by atoms with Crippen molar-refractivity contribution in [2.75, 3.05) is 5.75 Å². The number of hydrogen-bond acceptors (Lipinski definition) is 2. The lowest BCUT2D eigenvalue weighted by atomic mass is 9.84. The molecule has 1 fully saturated rings. The topological polar surface area (TPSA) is 34.1 Å². The van der Waals surface area contributed by atoms with Crippen LogP contribution in [0, 0.1) is 0 Å². The minimum Gasteiger partial charge on any atom is -0.228 e. The van der Waals surface area contributed by atoms with Crippen molar-refractivity contribution in [3.63, 3.8) is 0 Å². The molecule has 0 bridgehead atoms. The molecular weight excluding hydrogens is 148 g/mol. The van der Waals surface area contributed by atoms with Crippen LogP contribution in [0.25, 0.3) is 0 Å². The van der Waals surface area contributed by atoms with E-state index in [2.05, 4.69) is 0 Å². The van der Waals surface area contributed by atoms with Gasteiger partial charge in [0.15, 0.2) is 9.84 Å². The van der Waals surface area contributed by atoms with E-state index in [1.165, 1.54) is 0 Å². The zero-order valence-corrected chi connectivity index (χ0v) is 6.52. The summed E-state index contributed by atoms with van der Waals surface area (Å²) in [7, 11) is -2.76. The molecule has 2 aliphatic rings. The molecule has 1 aliphatic carbocycles. The molecule has 3 heteroatoms. The maximum absolute atomic E-state index is 11.3. The normalized spacial score (nSPS) is 32.4. The molecule has 0 saturated heterocycles. The predicted octanol–water partition coefficient (Wildman–Crippen LogP) is 0.894. The maximum atomic E-state index is 11.3. The maximum Gasteiger partial charge on any atom is 0.163 e. The molecule has 2 rings (SSSR count). The Morgan fingerprint density at radius 3 is 2.20 bits per heavy atom. The smallest absolute Gasteiger partial charge is 0.163 e. The first-order chi connectivity index (χ1) is 4.66. The Morgan fingerprint density at radius 1 is 1.30 bits per heavy atom. The molecule has 0 amide bonds. The van der Waals surface area contributed by atoms with E-state index in [0.717, 1.165) is 19.3 Å². The molecule has 1 heterocycles. The van der Waals surface area contributed by atoms with Crippen LogP contribution in [-0.2, 0) is 9.84 Å². The van der Waals surface area contributed by atoms with E-state index in [0.29, 0.717) is 0 Å². The van der Waals surface area contributed by atoms with Gasteiger partial charge in [-0.25, -0.2) is 8.42 Å². The lowest BCUT2D eigenvalue weighted by molar-refractivity contribution is 0.404. The van der Waals surface area contributed by atoms with Gasteiger partial charge < -0.3 is 0 Å². The van der Waals surface area contributed by atoms with Gasteiger partial charge in [0, 0.05) is 0 Å². The molecule has 0 N–H and O–H groups in total. The Kier molecular flexibility index (Phi) is 1.05. The summed E-state index contributed by atoms with van der Waals surface area (Å²) >= 11 is 0. The van der Waals surface area contributed by atoms with E-state index in [1.54, 1.807) is 6.08 Å². The van der Waals surface area contributed by atoms with E-state index >= 15 is 0 Å². The second-order valence-electron chi connectivity index (χ2n) is 3.10. The van der Waals surface area contributed by atoms with Crippen LogP contribution >= 0.6 is 0 Å². The predicted molar refractivity (Wildman–Crippen MR) is 39.5 cm³/mol. The van der Waals surface area contributed by atoms with E-state index in [-0.39, 0.29) is 5.75 Å². The monoisotopic (exact) mass is 158 g/mol. The highest BCUT2D eigenvalue weighted by Crippen LogP contribution is 2.43. The van der Waals surface area contributed by atoms with Gasteiger partial charge in [-0.05, 0) is 19.3 Å². The average molecular weight is 158 g/mol. The van der Waals surface area contributed by atoms with Crippen LogP contribution in [0.4, 0.5) is 0 Å². The van der Waals surface area contributed by atoms with Crippen LogP contribution in [0.5, 0.6) is 0 Å². The fourth-order valence-electron chi connectivity index (χ4n) is 1.66. The average Bonchev–Trinajstić information content (AvgIpc) is 2.02. The first-order valence-electron chi connectivity index (χ1n) is 3.56. The van der Waals surface area contributed by atoms with Crippen molar-refractivity contribution >= 4 is 9.84 Å². The molecule has 0 aromatic heterocycles. The molecule has 2 nitrogen and oxygen atoms in total. The molecule has 1 saturated carbocycles. The molecule has 0 unspecified atom stereocenters. The Labute approximate surface area is 60.9 Å². The summed E-state index contributed by atoms with van der Waals surface area (Å²) in [5.74, 6) is 0.271. The SMILES string of the molecule is O=S1(=O)CC=CC12CCC2. The lowest BCUT2D eigenvalue weighted by Crippen LogP contribution is -2.41. The Balaban J connectivity index is 2.45. The van der Waals surface area contributed by atoms with Gasteiger partial charge in [0.05, 0.1) is 10.5 Å². The molecule has 0 radical (unpaired) electrons. The first-order valence-corrected chi connectivity index (χ1v) is 5.22. The summed E-state index contributed by atoms with van der Waals surface area (Å²) in [5.41, 5.74) is 0. The van der Waals surface area contributed by atoms with Gasteiger partial charge in [0.1, 0.15) is 0 Å². The van der Waals surface area contributed by atoms with Crippen LogP contribution in [0.3, 0.4) is 0 Å². The molecular formula is C7H10O2S. The van der Waals surface area contributed by atoms with E-state index in [1.807, 2.05) is 6.08 Å². The van der Waals surface area contributed by atoms with Gasteiger partial charge in [-0.15, -0.1) is 0 Å². The number of rotatable bonds is 0. The van der Waals surface area contributed by atoms with Gasteiger partial charge in [-0.3, -0.25) is 0 Å². The second kappa shape index (κ2) is 1.64. The Morgan fingerprint density at radius 2 is 2.00 bits per heavy atom. The second-order valence-corrected chi connectivity index (χ2v) is 5.48. The van der Waals surface area contributed by atoms with Crippen molar-refractivity contribution in [3.8, 4) is 0 Å². The summed E-state index contributed by atoms with van der Waals surface area (Å²) in [6.07, 6.45) is 6.45. The quantitative estimate of drug-likeness (QED) is 0.491. The third-order valence-electron chi connectivity index (χ3n) is 2.56. The minimum atomic E-state index is -2.76. The van der Waals surface area contributed by atoms with Crippen LogP contribution < -0.4 is 0 Å². The summed E-state index contributed by atoms with van der Waals surface area (Å²) in [6, 6.07) is 0. The number of hydrogen-bond donors (Lipinski definition) is 0. The highest BCUT2D eigenvalue weighted by atomic mass is 32.2. The molecule has 0 aromatic carbocycles. The Bertz CT molecular complexity index is 270. The summed E-state index contributed by atoms with van der Waals surface area (Å²) in [6.45, 7) is 0. The van der Waals surface area contributed by atoms with Gasteiger partial charge >= 0.3 is 0 Å². The zero-order chi connectivity index (χ0) is 7.24. The third kappa shape index (κ3) is 0.565. The van der Waals surface area contributed by atoms with E-state index < -0.39 is 14.6 Å². The van der Waals surface area contributed by atoms with Gasteiger partial charge in [-0.2, -0.15) is 0 Å². The number of sulfone groups is 1. The summed E-state index contributed by atoms with van der Waals surface area (Å²) in [4.78, 5) is 0. The lowest BCUT2D eigenvalue weighted by Gasteiger charge is -2.35. The zero-order valence-electron chi connectivity index (χ0n) is 5.71. The highest BCUT2D eigenvalue weighted by molar-refractivity contribution is 7.93. The van der Waals surface area contributed by atoms with E-state index in [9.17, 15) is 8.42 Å². The first kappa shape index (κ1) is 6.40. The standard InChI is InChI=1S/C7H10O2S/c8-10(9)6-2-5-7(10)3-1-4-7/h2,5H,1,3-4,6H2. The van der Waals surface area contributed by atoms with Crippen molar-refractivity contribution < 1.29 is 8.42 Å². The third-order valence-corrected chi connectivity index (χ3v) is 4.97. The van der Waals surface area contributed by atoms with Gasteiger partial charge in [0.25, 0.3) is 0 Å². The van der Waals surface area contributed by atoms with Crippen molar-refractivity contribution in [1.29, 1.82) is 0 Å². The molecule has 1 aliphatic heterocycles. The largest absolute Gasteiger partial charge is 0.228 e. The summed E-state index contributed by atoms with van der Waals surface area (Å²) in [5, 5.41) is 0. The minimum absolute atomic E-state index is 0.271. The fourth-order valence-corrected chi connectivity index (χ4v) is 3.56. The highest BCUT2D eigenvalue weighted by Gasteiger charge is 2.48. The van der Waals surface area contributed by atoms with E-state index in [4.69, 9.17) is 0 Å². The molecule has 0 atom stereocenters. The van der Waals surface area contributed by atoms with Crippen LogP contribution in [-0.4, -0.2) is 18.9 Å². The Hall–Kier alpha value is -0.310. The molecule has 1 spiro atoms. The van der Waals surface area contributed by atoms with Crippen molar-refractivity contribution in [3.05, 3.63) is 12.2 Å². The van der Waals surface area contributed by atoms with Crippen LogP contribution in [0.1, 0.15) is 19.3 Å². The van der Waals surface area contributed by atoms with Crippen LogP contribution in [0.2, 0.25) is 0 Å². The van der Waals surface area contributed by atoms with Crippen molar-refractivity contribution in [2.24, 2.45) is 0 Å². The molecule has 0 aromatic rings. The molecule has 10 heavy (non-hydrogen) atoms. The van der Waals surface area contributed by atoms with Crippen molar-refractivity contribution in [2.45, 2.75) is 24.0 Å². The van der Waals surface area contributed by atoms with Crippen molar-refractivity contribution in [1.82, 2.24) is 0 Å². The van der Waals surface area contributed by atoms with Crippen LogP contribution in [0.15, 0.2) is 12.2 Å².